The minimum absolute atomic E-state index is 0.145. The number of hydrogen-bond donors (Lipinski definition) is 1. The molecule has 2 heterocycles. The van der Waals surface area contributed by atoms with Crippen molar-refractivity contribution in [3.63, 3.8) is 0 Å². The summed E-state index contributed by atoms with van der Waals surface area (Å²) in [6.45, 7) is -0.145. The standard InChI is InChI=1S/C20H18N4O3/c1-23(2)14-9-7-13(8-10-14)22-17(25)11-24-12-21-18-15-5-3-4-6-16(15)27-19(18)20(24)26/h3-10,12H,11H2,1-2H3,(H,22,25). The van der Waals surface area contributed by atoms with E-state index in [1.165, 1.54) is 10.9 Å². The predicted octanol–water partition coefficient (Wildman–Crippen LogP) is 2.85. The lowest BCUT2D eigenvalue weighted by molar-refractivity contribution is -0.116. The molecular weight excluding hydrogens is 344 g/mol. The predicted molar refractivity (Wildman–Crippen MR) is 105 cm³/mol. The maximum atomic E-state index is 12.6. The summed E-state index contributed by atoms with van der Waals surface area (Å²) in [5, 5.41) is 3.56. The fourth-order valence-corrected chi connectivity index (χ4v) is 2.93. The summed E-state index contributed by atoms with van der Waals surface area (Å²) in [6, 6.07) is 14.8. The third-order valence-corrected chi connectivity index (χ3v) is 4.33. The van der Waals surface area contributed by atoms with Gasteiger partial charge in [0.15, 0.2) is 0 Å². The second-order valence-electron chi connectivity index (χ2n) is 6.44. The normalized spacial score (nSPS) is 11.0. The Kier molecular flexibility index (Phi) is 4.12. The average Bonchev–Trinajstić information content (AvgIpc) is 3.04. The molecule has 0 fully saturated rings. The largest absolute Gasteiger partial charge is 0.448 e. The van der Waals surface area contributed by atoms with Gasteiger partial charge in [0, 0.05) is 30.9 Å². The fraction of sp³-hybridized carbons (Fsp3) is 0.150. The Balaban J connectivity index is 1.57. The second-order valence-corrected chi connectivity index (χ2v) is 6.44. The van der Waals surface area contributed by atoms with Crippen LogP contribution in [0.25, 0.3) is 22.1 Å². The van der Waals surface area contributed by atoms with Gasteiger partial charge in [0.2, 0.25) is 11.5 Å². The zero-order chi connectivity index (χ0) is 19.0. The maximum Gasteiger partial charge on any atom is 0.297 e. The number of carbonyl (C=O) groups is 1. The molecule has 4 aromatic rings. The molecule has 1 N–H and O–H groups in total. The van der Waals surface area contributed by atoms with E-state index in [0.29, 0.717) is 16.8 Å². The molecule has 0 spiro atoms. The Morgan fingerprint density at radius 1 is 1.15 bits per heavy atom. The first-order valence-electron chi connectivity index (χ1n) is 8.47. The van der Waals surface area contributed by atoms with Gasteiger partial charge in [0.1, 0.15) is 17.6 Å². The number of fused-ring (bicyclic) bond motifs is 3. The number of hydrogen-bond acceptors (Lipinski definition) is 5. The molecule has 0 bridgehead atoms. The van der Waals surface area contributed by atoms with Crippen molar-refractivity contribution in [2.45, 2.75) is 6.54 Å². The third-order valence-electron chi connectivity index (χ3n) is 4.33. The number of aromatic nitrogens is 2. The third kappa shape index (κ3) is 3.15. The summed E-state index contributed by atoms with van der Waals surface area (Å²) in [4.78, 5) is 31.2. The molecule has 27 heavy (non-hydrogen) atoms. The number of amides is 1. The van der Waals surface area contributed by atoms with Crippen molar-refractivity contribution >= 4 is 39.4 Å². The van der Waals surface area contributed by atoms with Gasteiger partial charge in [-0.3, -0.25) is 14.2 Å². The topological polar surface area (TPSA) is 80.4 Å². The van der Waals surface area contributed by atoms with Gasteiger partial charge >= 0.3 is 0 Å². The lowest BCUT2D eigenvalue weighted by atomic mass is 10.2. The van der Waals surface area contributed by atoms with Crippen LogP contribution in [0.5, 0.6) is 0 Å². The van der Waals surface area contributed by atoms with E-state index >= 15 is 0 Å². The Hall–Kier alpha value is -3.61. The molecule has 0 aliphatic rings. The van der Waals surface area contributed by atoms with E-state index in [2.05, 4.69) is 10.3 Å². The Morgan fingerprint density at radius 3 is 2.63 bits per heavy atom. The zero-order valence-electron chi connectivity index (χ0n) is 15.0. The van der Waals surface area contributed by atoms with Crippen molar-refractivity contribution in [2.24, 2.45) is 0 Å². The number of rotatable bonds is 4. The zero-order valence-corrected chi connectivity index (χ0v) is 15.0. The van der Waals surface area contributed by atoms with Crippen LogP contribution < -0.4 is 15.8 Å². The highest BCUT2D eigenvalue weighted by Gasteiger charge is 2.14. The van der Waals surface area contributed by atoms with Crippen molar-refractivity contribution in [1.82, 2.24) is 9.55 Å². The highest BCUT2D eigenvalue weighted by Crippen LogP contribution is 2.24. The molecule has 0 radical (unpaired) electrons. The van der Waals surface area contributed by atoms with Gasteiger partial charge in [-0.15, -0.1) is 0 Å². The number of benzene rings is 2. The number of carbonyl (C=O) groups excluding carboxylic acids is 1. The van der Waals surface area contributed by atoms with Crippen LogP contribution in [0, 0.1) is 0 Å². The summed E-state index contributed by atoms with van der Waals surface area (Å²) in [7, 11) is 3.89. The first-order valence-corrected chi connectivity index (χ1v) is 8.47. The molecule has 0 unspecified atom stereocenters. The Morgan fingerprint density at radius 2 is 1.89 bits per heavy atom. The summed E-state index contributed by atoms with van der Waals surface area (Å²) in [5.41, 5.74) is 2.57. The van der Waals surface area contributed by atoms with Gasteiger partial charge in [-0.2, -0.15) is 0 Å². The smallest absolute Gasteiger partial charge is 0.297 e. The first-order chi connectivity index (χ1) is 13.0. The lowest BCUT2D eigenvalue weighted by Gasteiger charge is -2.13. The van der Waals surface area contributed by atoms with Crippen LogP contribution in [0.4, 0.5) is 11.4 Å². The van der Waals surface area contributed by atoms with E-state index in [-0.39, 0.29) is 23.6 Å². The quantitative estimate of drug-likeness (QED) is 0.604. The first kappa shape index (κ1) is 16.8. The summed E-state index contributed by atoms with van der Waals surface area (Å²) in [6.07, 6.45) is 1.38. The van der Waals surface area contributed by atoms with Crippen LogP contribution in [0.1, 0.15) is 0 Å². The molecule has 7 heteroatoms. The summed E-state index contributed by atoms with van der Waals surface area (Å²) >= 11 is 0. The molecule has 0 saturated heterocycles. The van der Waals surface area contributed by atoms with Crippen molar-refractivity contribution in [2.75, 3.05) is 24.3 Å². The van der Waals surface area contributed by atoms with E-state index in [9.17, 15) is 9.59 Å². The minimum Gasteiger partial charge on any atom is -0.448 e. The molecule has 0 aliphatic heterocycles. The van der Waals surface area contributed by atoms with Crippen LogP contribution >= 0.6 is 0 Å². The van der Waals surface area contributed by atoms with Crippen LogP contribution in [0.2, 0.25) is 0 Å². The molecule has 2 aromatic heterocycles. The van der Waals surface area contributed by atoms with E-state index in [0.717, 1.165) is 11.1 Å². The van der Waals surface area contributed by atoms with Crippen molar-refractivity contribution < 1.29 is 9.21 Å². The van der Waals surface area contributed by atoms with Crippen LogP contribution in [0.15, 0.2) is 64.1 Å². The lowest BCUT2D eigenvalue weighted by Crippen LogP contribution is -2.27. The number of nitrogens with one attached hydrogen (secondary N) is 1. The Bertz CT molecular complexity index is 1190. The van der Waals surface area contributed by atoms with Crippen molar-refractivity contribution in [1.29, 1.82) is 0 Å². The molecule has 0 atom stereocenters. The maximum absolute atomic E-state index is 12.6. The molecule has 136 valence electrons. The van der Waals surface area contributed by atoms with Crippen molar-refractivity contribution in [3.05, 3.63) is 65.2 Å². The van der Waals surface area contributed by atoms with Crippen LogP contribution in [0.3, 0.4) is 0 Å². The average molecular weight is 362 g/mol. The van der Waals surface area contributed by atoms with Gasteiger partial charge < -0.3 is 14.6 Å². The fourth-order valence-electron chi connectivity index (χ4n) is 2.93. The molecule has 7 nitrogen and oxygen atoms in total. The molecule has 4 rings (SSSR count). The van der Waals surface area contributed by atoms with Crippen LogP contribution in [-0.2, 0) is 11.3 Å². The van der Waals surface area contributed by atoms with Crippen LogP contribution in [-0.4, -0.2) is 29.6 Å². The van der Waals surface area contributed by atoms with Gasteiger partial charge in [-0.25, -0.2) is 4.98 Å². The molecule has 0 saturated carbocycles. The number of para-hydroxylation sites is 1. The second kappa shape index (κ2) is 6.60. The van der Waals surface area contributed by atoms with Gasteiger partial charge in [-0.1, -0.05) is 12.1 Å². The minimum atomic E-state index is -0.380. The molecular formula is C20H18N4O3. The monoisotopic (exact) mass is 362 g/mol. The SMILES string of the molecule is CN(C)c1ccc(NC(=O)Cn2cnc3c(oc4ccccc43)c2=O)cc1. The molecule has 1 amide bonds. The molecule has 0 aliphatic carbocycles. The van der Waals surface area contributed by atoms with E-state index in [4.69, 9.17) is 4.42 Å². The highest BCUT2D eigenvalue weighted by atomic mass is 16.3. The van der Waals surface area contributed by atoms with Gasteiger partial charge in [0.05, 0.1) is 6.33 Å². The van der Waals surface area contributed by atoms with Gasteiger partial charge in [0.25, 0.3) is 5.56 Å². The van der Waals surface area contributed by atoms with Gasteiger partial charge in [-0.05, 0) is 36.4 Å². The Labute approximate surface area is 154 Å². The van der Waals surface area contributed by atoms with E-state index in [1.807, 2.05) is 61.5 Å². The van der Waals surface area contributed by atoms with Crippen molar-refractivity contribution in [3.8, 4) is 0 Å². The highest BCUT2D eigenvalue weighted by molar-refractivity contribution is 6.01. The number of anilines is 2. The number of furan rings is 1. The summed E-state index contributed by atoms with van der Waals surface area (Å²) < 4.78 is 6.87. The van der Waals surface area contributed by atoms with E-state index < -0.39 is 0 Å². The number of nitrogens with zero attached hydrogens (tertiary/aromatic N) is 3. The van der Waals surface area contributed by atoms with E-state index in [1.54, 1.807) is 6.07 Å². The summed E-state index contributed by atoms with van der Waals surface area (Å²) in [5.74, 6) is -0.313. The molecule has 2 aromatic carbocycles.